The van der Waals surface area contributed by atoms with E-state index in [-0.39, 0.29) is 5.97 Å². The minimum Gasteiger partial charge on any atom is -0.458 e. The van der Waals surface area contributed by atoms with E-state index in [1.165, 1.54) is 0 Å². The molecule has 0 amide bonds. The molecular weight excluding hydrogens is 252 g/mol. The number of hydrogen-bond donors (Lipinski definition) is 0. The molecule has 1 aromatic carbocycles. The summed E-state index contributed by atoms with van der Waals surface area (Å²) in [7, 11) is 0. The van der Waals surface area contributed by atoms with Gasteiger partial charge in [-0.2, -0.15) is 5.26 Å². The van der Waals surface area contributed by atoms with Crippen molar-refractivity contribution >= 4 is 11.7 Å². The van der Waals surface area contributed by atoms with E-state index in [2.05, 4.69) is 6.07 Å². The van der Waals surface area contributed by atoms with Crippen LogP contribution in [0.3, 0.4) is 0 Å². The van der Waals surface area contributed by atoms with Crippen LogP contribution in [0.2, 0.25) is 0 Å². The van der Waals surface area contributed by atoms with E-state index < -0.39 is 11.6 Å². The second-order valence-corrected chi connectivity index (χ2v) is 5.65. The van der Waals surface area contributed by atoms with Crippen molar-refractivity contribution in [3.63, 3.8) is 0 Å². The summed E-state index contributed by atoms with van der Waals surface area (Å²) in [5.74, 6) is -0.278. The molecule has 0 saturated heterocycles. The first kappa shape index (κ1) is 16.0. The van der Waals surface area contributed by atoms with Gasteiger partial charge in [0.05, 0.1) is 12.5 Å². The first-order valence-electron chi connectivity index (χ1n) is 6.76. The molecule has 4 heteroatoms. The molecule has 0 aliphatic rings. The standard InChI is InChI=1S/C16H22N2O2/c1-13(15(19)20-16(2,3)4)18(12-8-11-17)14-9-6-5-7-10-14/h5-7,9-10,13H,8,12H2,1-4H3. The molecule has 108 valence electrons. The van der Waals surface area contributed by atoms with Gasteiger partial charge in [-0.25, -0.2) is 4.79 Å². The number of hydrogen-bond acceptors (Lipinski definition) is 4. The van der Waals surface area contributed by atoms with Gasteiger partial charge in [-0.1, -0.05) is 18.2 Å². The highest BCUT2D eigenvalue weighted by Gasteiger charge is 2.26. The van der Waals surface area contributed by atoms with Crippen molar-refractivity contribution in [2.24, 2.45) is 0 Å². The molecule has 0 saturated carbocycles. The van der Waals surface area contributed by atoms with Gasteiger partial charge in [-0.05, 0) is 39.8 Å². The van der Waals surface area contributed by atoms with Gasteiger partial charge in [0.2, 0.25) is 0 Å². The van der Waals surface area contributed by atoms with Crippen LogP contribution in [-0.2, 0) is 9.53 Å². The molecule has 0 spiro atoms. The minimum absolute atomic E-state index is 0.278. The van der Waals surface area contributed by atoms with Crippen molar-refractivity contribution in [2.45, 2.75) is 45.8 Å². The molecule has 0 aliphatic heterocycles. The highest BCUT2D eigenvalue weighted by Crippen LogP contribution is 2.19. The molecule has 0 fully saturated rings. The number of para-hydroxylation sites is 1. The van der Waals surface area contributed by atoms with Crippen molar-refractivity contribution in [1.82, 2.24) is 0 Å². The third-order valence-corrected chi connectivity index (χ3v) is 2.77. The first-order valence-corrected chi connectivity index (χ1v) is 6.76. The topological polar surface area (TPSA) is 53.3 Å². The number of rotatable bonds is 5. The third kappa shape index (κ3) is 4.93. The van der Waals surface area contributed by atoms with Crippen molar-refractivity contribution in [2.75, 3.05) is 11.4 Å². The number of ether oxygens (including phenoxy) is 1. The van der Waals surface area contributed by atoms with Crippen LogP contribution in [0.5, 0.6) is 0 Å². The summed E-state index contributed by atoms with van der Waals surface area (Å²) in [6.45, 7) is 7.85. The zero-order valence-corrected chi connectivity index (χ0v) is 12.6. The second-order valence-electron chi connectivity index (χ2n) is 5.65. The number of anilines is 1. The Balaban J connectivity index is 2.88. The van der Waals surface area contributed by atoms with E-state index >= 15 is 0 Å². The highest BCUT2D eigenvalue weighted by atomic mass is 16.6. The van der Waals surface area contributed by atoms with Crippen molar-refractivity contribution in [3.05, 3.63) is 30.3 Å². The monoisotopic (exact) mass is 274 g/mol. The second kappa shape index (κ2) is 6.95. The molecule has 1 rings (SSSR count). The molecule has 1 unspecified atom stereocenters. The number of carbonyl (C=O) groups is 1. The lowest BCUT2D eigenvalue weighted by molar-refractivity contribution is -0.156. The minimum atomic E-state index is -0.511. The molecule has 20 heavy (non-hydrogen) atoms. The summed E-state index contributed by atoms with van der Waals surface area (Å²) in [6.07, 6.45) is 0.363. The maximum absolute atomic E-state index is 12.2. The first-order chi connectivity index (χ1) is 9.35. The molecule has 0 bridgehead atoms. The van der Waals surface area contributed by atoms with Crippen molar-refractivity contribution in [1.29, 1.82) is 5.26 Å². The lowest BCUT2D eigenvalue weighted by Gasteiger charge is -2.31. The van der Waals surface area contributed by atoms with Crippen LogP contribution in [-0.4, -0.2) is 24.2 Å². The van der Waals surface area contributed by atoms with Crippen LogP contribution in [0.15, 0.2) is 30.3 Å². The quantitative estimate of drug-likeness (QED) is 0.774. The molecule has 1 atom stereocenters. The van der Waals surface area contributed by atoms with Gasteiger partial charge in [0.15, 0.2) is 0 Å². The maximum Gasteiger partial charge on any atom is 0.328 e. The Bertz CT molecular complexity index is 471. The summed E-state index contributed by atoms with van der Waals surface area (Å²) in [6, 6.07) is 11.3. The van der Waals surface area contributed by atoms with Crippen molar-refractivity contribution < 1.29 is 9.53 Å². The van der Waals surface area contributed by atoms with Crippen molar-refractivity contribution in [3.8, 4) is 6.07 Å². The molecule has 0 aliphatic carbocycles. The van der Waals surface area contributed by atoms with Crippen LogP contribution in [0.4, 0.5) is 5.69 Å². The number of nitrogens with zero attached hydrogens (tertiary/aromatic N) is 2. The zero-order chi connectivity index (χ0) is 15.2. The Labute approximate surface area is 121 Å². The normalized spacial score (nSPS) is 12.3. The largest absolute Gasteiger partial charge is 0.458 e. The molecule has 0 heterocycles. The number of esters is 1. The van der Waals surface area contributed by atoms with E-state index in [1.54, 1.807) is 6.92 Å². The lowest BCUT2D eigenvalue weighted by atomic mass is 10.1. The molecular formula is C16H22N2O2. The SMILES string of the molecule is CC(C(=O)OC(C)(C)C)N(CCC#N)c1ccccc1. The fourth-order valence-corrected chi connectivity index (χ4v) is 1.85. The predicted octanol–water partition coefficient (Wildman–Crippen LogP) is 3.14. The van der Waals surface area contributed by atoms with E-state index in [9.17, 15) is 4.79 Å². The summed E-state index contributed by atoms with van der Waals surface area (Å²) in [4.78, 5) is 14.1. The van der Waals surface area contributed by atoms with E-state index in [4.69, 9.17) is 10.00 Å². The number of benzene rings is 1. The third-order valence-electron chi connectivity index (χ3n) is 2.77. The average molecular weight is 274 g/mol. The average Bonchev–Trinajstić information content (AvgIpc) is 2.38. The van der Waals surface area contributed by atoms with Gasteiger partial charge in [0, 0.05) is 12.2 Å². The smallest absolute Gasteiger partial charge is 0.328 e. The maximum atomic E-state index is 12.2. The molecule has 4 nitrogen and oxygen atoms in total. The summed E-state index contributed by atoms with van der Waals surface area (Å²) in [5.41, 5.74) is 0.407. The van der Waals surface area contributed by atoms with Gasteiger partial charge in [-0.15, -0.1) is 0 Å². The number of carbonyl (C=O) groups excluding carboxylic acids is 1. The lowest BCUT2D eigenvalue weighted by Crippen LogP contribution is -2.43. The summed E-state index contributed by atoms with van der Waals surface area (Å²) >= 11 is 0. The fourth-order valence-electron chi connectivity index (χ4n) is 1.85. The molecule has 1 aromatic rings. The Morgan fingerprint density at radius 1 is 1.35 bits per heavy atom. The predicted molar refractivity (Wildman–Crippen MR) is 79.3 cm³/mol. The van der Waals surface area contributed by atoms with Gasteiger partial charge >= 0.3 is 5.97 Å². The van der Waals surface area contributed by atoms with Crippen LogP contribution in [0.25, 0.3) is 0 Å². The Hall–Kier alpha value is -2.02. The Morgan fingerprint density at radius 2 is 1.95 bits per heavy atom. The van der Waals surface area contributed by atoms with Crippen LogP contribution >= 0.6 is 0 Å². The van der Waals surface area contributed by atoms with Gasteiger partial charge in [0.1, 0.15) is 11.6 Å². The number of nitriles is 1. The van der Waals surface area contributed by atoms with E-state index in [1.807, 2.05) is 56.0 Å². The fraction of sp³-hybridized carbons (Fsp3) is 0.500. The molecule has 0 aromatic heterocycles. The van der Waals surface area contributed by atoms with Crippen LogP contribution < -0.4 is 4.90 Å². The zero-order valence-electron chi connectivity index (χ0n) is 12.6. The molecule has 0 N–H and O–H groups in total. The van der Waals surface area contributed by atoms with Gasteiger partial charge in [-0.3, -0.25) is 0 Å². The Morgan fingerprint density at radius 3 is 2.45 bits per heavy atom. The van der Waals surface area contributed by atoms with Gasteiger partial charge < -0.3 is 9.64 Å². The molecule has 0 radical (unpaired) electrons. The van der Waals surface area contributed by atoms with E-state index in [0.29, 0.717) is 13.0 Å². The van der Waals surface area contributed by atoms with Crippen LogP contribution in [0.1, 0.15) is 34.1 Å². The van der Waals surface area contributed by atoms with Crippen LogP contribution in [0, 0.1) is 11.3 Å². The summed E-state index contributed by atoms with van der Waals surface area (Å²) in [5, 5.41) is 8.78. The van der Waals surface area contributed by atoms with E-state index in [0.717, 1.165) is 5.69 Å². The Kier molecular flexibility index (Phi) is 5.57. The summed E-state index contributed by atoms with van der Waals surface area (Å²) < 4.78 is 5.42. The van der Waals surface area contributed by atoms with Gasteiger partial charge in [0.25, 0.3) is 0 Å². The highest BCUT2D eigenvalue weighted by molar-refractivity contribution is 5.80.